The van der Waals surface area contributed by atoms with E-state index in [0.717, 1.165) is 25.9 Å². The number of carbonyl (C=O) groups excluding carboxylic acids is 1. The van der Waals surface area contributed by atoms with Crippen LogP contribution in [0.3, 0.4) is 0 Å². The van der Waals surface area contributed by atoms with E-state index in [1.165, 1.54) is 31.0 Å². The fourth-order valence-corrected chi connectivity index (χ4v) is 2.62. The Morgan fingerprint density at radius 1 is 1.13 bits per heavy atom. The van der Waals surface area contributed by atoms with Gasteiger partial charge >= 0.3 is 6.36 Å². The minimum Gasteiger partial charge on any atom is -0.405 e. The summed E-state index contributed by atoms with van der Waals surface area (Å²) < 4.78 is 41.0. The first-order valence-electron chi connectivity index (χ1n) is 7.77. The molecule has 4 nitrogen and oxygen atoms in total. The molecule has 7 heteroatoms. The van der Waals surface area contributed by atoms with Crippen LogP contribution in [0.4, 0.5) is 13.2 Å². The van der Waals surface area contributed by atoms with Gasteiger partial charge in [0.1, 0.15) is 5.75 Å². The van der Waals surface area contributed by atoms with Crippen LogP contribution in [0.15, 0.2) is 24.3 Å². The minimum atomic E-state index is -4.74. The van der Waals surface area contributed by atoms with Gasteiger partial charge < -0.3 is 10.1 Å². The minimum absolute atomic E-state index is 0.0128. The molecule has 0 saturated carbocycles. The molecule has 1 heterocycles. The summed E-state index contributed by atoms with van der Waals surface area (Å²) in [7, 11) is 0. The molecular weight excluding hydrogens is 309 g/mol. The Bertz CT molecular complexity index is 512. The van der Waals surface area contributed by atoms with Crippen molar-refractivity contribution in [3.05, 3.63) is 29.8 Å². The number of carbonyl (C=O) groups is 1. The second kappa shape index (κ2) is 8.19. The Kier molecular flexibility index (Phi) is 6.27. The highest BCUT2D eigenvalue weighted by Crippen LogP contribution is 2.26. The Hall–Kier alpha value is -1.76. The van der Waals surface area contributed by atoms with Crippen molar-refractivity contribution < 1.29 is 22.7 Å². The summed E-state index contributed by atoms with van der Waals surface area (Å²) in [6.45, 7) is 2.07. The number of benzene rings is 1. The monoisotopic (exact) mass is 330 g/mol. The van der Waals surface area contributed by atoms with Gasteiger partial charge in [0, 0.05) is 12.1 Å². The summed E-state index contributed by atoms with van der Waals surface area (Å²) >= 11 is 0. The summed E-state index contributed by atoms with van der Waals surface area (Å²) in [5.74, 6) is -0.469. The molecule has 1 aromatic carbocycles. The molecule has 1 aliphatic heterocycles. The van der Waals surface area contributed by atoms with Gasteiger partial charge in [0.25, 0.3) is 0 Å². The molecule has 23 heavy (non-hydrogen) atoms. The van der Waals surface area contributed by atoms with Crippen molar-refractivity contribution in [2.45, 2.75) is 38.6 Å². The van der Waals surface area contributed by atoms with E-state index in [9.17, 15) is 18.0 Å². The third-order valence-corrected chi connectivity index (χ3v) is 3.74. The van der Waals surface area contributed by atoms with Gasteiger partial charge in [0.2, 0.25) is 5.91 Å². The molecule has 0 aliphatic carbocycles. The normalized spacial score (nSPS) is 16.7. The number of alkyl halides is 3. The van der Waals surface area contributed by atoms with Gasteiger partial charge in [-0.1, -0.05) is 31.0 Å². The first kappa shape index (κ1) is 17.6. The Morgan fingerprint density at radius 2 is 1.78 bits per heavy atom. The van der Waals surface area contributed by atoms with Gasteiger partial charge in [0.05, 0.1) is 6.54 Å². The first-order valence-corrected chi connectivity index (χ1v) is 7.77. The van der Waals surface area contributed by atoms with Crippen molar-refractivity contribution in [3.8, 4) is 5.75 Å². The smallest absolute Gasteiger partial charge is 0.405 e. The van der Waals surface area contributed by atoms with E-state index in [2.05, 4.69) is 15.0 Å². The van der Waals surface area contributed by atoms with Crippen molar-refractivity contribution in [1.82, 2.24) is 10.2 Å². The number of halogens is 3. The molecule has 1 saturated heterocycles. The van der Waals surface area contributed by atoms with Crippen LogP contribution < -0.4 is 10.1 Å². The molecule has 1 fully saturated rings. The van der Waals surface area contributed by atoms with Crippen LogP contribution in [-0.2, 0) is 11.3 Å². The molecule has 0 aromatic heterocycles. The SMILES string of the molecule is O=C(CN1CCCCCC1)NCc1ccccc1OC(F)(F)F. The zero-order valence-electron chi connectivity index (χ0n) is 12.9. The molecule has 0 bridgehead atoms. The zero-order chi connectivity index (χ0) is 16.7. The number of hydrogen-bond donors (Lipinski definition) is 1. The average molecular weight is 330 g/mol. The number of para-hydroxylation sites is 1. The van der Waals surface area contributed by atoms with E-state index in [1.807, 2.05) is 0 Å². The molecule has 1 aromatic rings. The van der Waals surface area contributed by atoms with Crippen LogP contribution in [0.5, 0.6) is 5.75 Å². The number of rotatable bonds is 5. The van der Waals surface area contributed by atoms with E-state index in [0.29, 0.717) is 5.56 Å². The fraction of sp³-hybridized carbons (Fsp3) is 0.562. The second-order valence-corrected chi connectivity index (χ2v) is 5.62. The fourth-order valence-electron chi connectivity index (χ4n) is 2.62. The Labute approximate surface area is 133 Å². The van der Waals surface area contributed by atoms with Gasteiger partial charge in [-0.15, -0.1) is 13.2 Å². The summed E-state index contributed by atoms with van der Waals surface area (Å²) in [6, 6.07) is 5.82. The number of nitrogens with zero attached hydrogens (tertiary/aromatic N) is 1. The maximum Gasteiger partial charge on any atom is 0.573 e. The third kappa shape index (κ3) is 6.48. The molecule has 128 valence electrons. The van der Waals surface area contributed by atoms with Crippen LogP contribution in [0.25, 0.3) is 0 Å². The number of hydrogen-bond acceptors (Lipinski definition) is 3. The van der Waals surface area contributed by atoms with Crippen LogP contribution in [0.1, 0.15) is 31.2 Å². The molecule has 0 spiro atoms. The summed E-state index contributed by atoms with van der Waals surface area (Å²) in [4.78, 5) is 14.1. The highest BCUT2D eigenvalue weighted by Gasteiger charge is 2.32. The third-order valence-electron chi connectivity index (χ3n) is 3.74. The predicted octanol–water partition coefficient (Wildman–Crippen LogP) is 3.08. The van der Waals surface area contributed by atoms with Crippen molar-refractivity contribution in [2.24, 2.45) is 0 Å². The molecule has 0 atom stereocenters. The van der Waals surface area contributed by atoms with E-state index >= 15 is 0 Å². The van der Waals surface area contributed by atoms with Crippen LogP contribution >= 0.6 is 0 Å². The van der Waals surface area contributed by atoms with Crippen LogP contribution in [-0.4, -0.2) is 36.8 Å². The van der Waals surface area contributed by atoms with Crippen LogP contribution in [0, 0.1) is 0 Å². The van der Waals surface area contributed by atoms with Gasteiger partial charge in [-0.2, -0.15) is 0 Å². The second-order valence-electron chi connectivity index (χ2n) is 5.62. The molecule has 1 aliphatic rings. The van der Waals surface area contributed by atoms with Gasteiger partial charge in [-0.05, 0) is 32.0 Å². The van der Waals surface area contributed by atoms with E-state index < -0.39 is 6.36 Å². The molecule has 1 N–H and O–H groups in total. The maximum atomic E-state index is 12.4. The lowest BCUT2D eigenvalue weighted by molar-refractivity contribution is -0.274. The Morgan fingerprint density at radius 3 is 2.43 bits per heavy atom. The highest BCUT2D eigenvalue weighted by molar-refractivity contribution is 5.78. The predicted molar refractivity (Wildman–Crippen MR) is 79.9 cm³/mol. The number of ether oxygens (including phenoxy) is 1. The average Bonchev–Trinajstić information content (AvgIpc) is 2.73. The quantitative estimate of drug-likeness (QED) is 0.902. The number of amides is 1. The van der Waals surface area contributed by atoms with Crippen molar-refractivity contribution >= 4 is 5.91 Å². The molecular formula is C16H21F3N2O2. The summed E-state index contributed by atoms with van der Waals surface area (Å²) in [5, 5.41) is 2.66. The van der Waals surface area contributed by atoms with Crippen molar-refractivity contribution in [1.29, 1.82) is 0 Å². The van der Waals surface area contributed by atoms with Gasteiger partial charge in [-0.3, -0.25) is 9.69 Å². The highest BCUT2D eigenvalue weighted by atomic mass is 19.4. The summed E-state index contributed by atoms with van der Waals surface area (Å²) in [6.07, 6.45) is -0.224. The maximum absolute atomic E-state index is 12.4. The molecule has 0 radical (unpaired) electrons. The van der Waals surface area contributed by atoms with E-state index in [-0.39, 0.29) is 24.7 Å². The number of likely N-dealkylation sites (tertiary alicyclic amines) is 1. The largest absolute Gasteiger partial charge is 0.573 e. The lowest BCUT2D eigenvalue weighted by Gasteiger charge is -2.19. The van der Waals surface area contributed by atoms with Crippen LogP contribution in [0.2, 0.25) is 0 Å². The topological polar surface area (TPSA) is 41.6 Å². The molecule has 2 rings (SSSR count). The zero-order valence-corrected chi connectivity index (χ0v) is 12.9. The molecule has 0 unspecified atom stereocenters. The van der Waals surface area contributed by atoms with E-state index in [4.69, 9.17) is 0 Å². The Balaban J connectivity index is 1.86. The van der Waals surface area contributed by atoms with Gasteiger partial charge in [0.15, 0.2) is 0 Å². The van der Waals surface area contributed by atoms with Gasteiger partial charge in [-0.25, -0.2) is 0 Å². The van der Waals surface area contributed by atoms with Crippen molar-refractivity contribution in [3.63, 3.8) is 0 Å². The molecule has 1 amide bonds. The lowest BCUT2D eigenvalue weighted by Crippen LogP contribution is -2.37. The van der Waals surface area contributed by atoms with E-state index in [1.54, 1.807) is 6.07 Å². The summed E-state index contributed by atoms with van der Waals surface area (Å²) in [5.41, 5.74) is 0.300. The first-order chi connectivity index (χ1) is 10.9. The number of nitrogens with one attached hydrogen (secondary N) is 1. The van der Waals surface area contributed by atoms with Crippen molar-refractivity contribution in [2.75, 3.05) is 19.6 Å². The lowest BCUT2D eigenvalue weighted by atomic mass is 10.2. The standard InChI is InChI=1S/C16H21F3N2O2/c17-16(18,19)23-14-8-4-3-7-13(14)11-20-15(22)12-21-9-5-1-2-6-10-21/h3-4,7-8H,1-2,5-6,9-12H2,(H,20,22).